The molecule has 104 valence electrons. The number of aromatic carboxylic acids is 1. The zero-order chi connectivity index (χ0) is 14.8. The van der Waals surface area contributed by atoms with Crippen LogP contribution >= 0.6 is 11.3 Å². The summed E-state index contributed by atoms with van der Waals surface area (Å²) in [6.07, 6.45) is 1.67. The number of carboxylic acids is 1. The second-order valence-corrected chi connectivity index (χ2v) is 5.59. The lowest BCUT2D eigenvalue weighted by Crippen LogP contribution is -1.95. The zero-order valence-electron chi connectivity index (χ0n) is 11.3. The van der Waals surface area contributed by atoms with Crippen molar-refractivity contribution < 1.29 is 9.90 Å². The molecule has 21 heavy (non-hydrogen) atoms. The molecule has 0 fully saturated rings. The van der Waals surface area contributed by atoms with E-state index in [1.807, 2.05) is 49.4 Å². The Labute approximate surface area is 125 Å². The fraction of sp³-hybridized carbons (Fsp3) is 0.0625. The molecule has 0 aliphatic rings. The van der Waals surface area contributed by atoms with Gasteiger partial charge < -0.3 is 5.11 Å². The number of benzene rings is 1. The third-order valence-corrected chi connectivity index (χ3v) is 4.06. The summed E-state index contributed by atoms with van der Waals surface area (Å²) in [5, 5.41) is 10.0. The third kappa shape index (κ3) is 2.68. The van der Waals surface area contributed by atoms with Crippen LogP contribution in [-0.2, 0) is 0 Å². The van der Waals surface area contributed by atoms with Gasteiger partial charge in [-0.1, -0.05) is 29.8 Å². The lowest BCUT2D eigenvalue weighted by molar-refractivity contribution is 0.0702. The number of pyridine rings is 1. The molecule has 3 rings (SSSR count). The molecule has 0 radical (unpaired) electrons. The molecule has 5 heteroatoms. The van der Waals surface area contributed by atoms with Crippen molar-refractivity contribution >= 4 is 17.3 Å². The van der Waals surface area contributed by atoms with Crippen molar-refractivity contribution in [2.24, 2.45) is 0 Å². The Hall–Kier alpha value is -2.53. The summed E-state index contributed by atoms with van der Waals surface area (Å²) in [6.45, 7) is 1.97. The summed E-state index contributed by atoms with van der Waals surface area (Å²) >= 11 is 1.15. The third-order valence-electron chi connectivity index (χ3n) is 3.00. The molecule has 0 saturated heterocycles. The maximum atomic E-state index is 11.5. The molecular formula is C16H12N2O2S. The lowest BCUT2D eigenvalue weighted by Gasteiger charge is -2.00. The number of carbonyl (C=O) groups is 1. The lowest BCUT2D eigenvalue weighted by atomic mass is 10.1. The smallest absolute Gasteiger partial charge is 0.348 e. The topological polar surface area (TPSA) is 63.1 Å². The van der Waals surface area contributed by atoms with Gasteiger partial charge in [0.2, 0.25) is 0 Å². The van der Waals surface area contributed by atoms with Crippen LogP contribution in [0.25, 0.3) is 22.0 Å². The van der Waals surface area contributed by atoms with Crippen LogP contribution in [0.5, 0.6) is 0 Å². The van der Waals surface area contributed by atoms with E-state index in [2.05, 4.69) is 9.97 Å². The Morgan fingerprint density at radius 1 is 1.19 bits per heavy atom. The molecule has 0 aliphatic heterocycles. The highest BCUT2D eigenvalue weighted by Gasteiger charge is 2.20. The number of nitrogens with zero attached hydrogens (tertiary/aromatic N) is 2. The highest BCUT2D eigenvalue weighted by Crippen LogP contribution is 2.33. The first-order chi connectivity index (χ1) is 10.1. The van der Waals surface area contributed by atoms with E-state index in [1.165, 1.54) is 0 Å². The molecule has 4 nitrogen and oxygen atoms in total. The van der Waals surface area contributed by atoms with Gasteiger partial charge in [0.05, 0.1) is 11.4 Å². The minimum absolute atomic E-state index is 0.237. The monoisotopic (exact) mass is 296 g/mol. The Morgan fingerprint density at radius 2 is 2.05 bits per heavy atom. The first-order valence-electron chi connectivity index (χ1n) is 6.38. The molecule has 0 unspecified atom stereocenters. The molecule has 2 heterocycles. The molecule has 1 N–H and O–H groups in total. The SMILES string of the molecule is Cc1cccc(-c2nc(-c3ccccn3)sc2C(=O)O)c1. The van der Waals surface area contributed by atoms with E-state index in [1.54, 1.807) is 6.20 Å². The van der Waals surface area contributed by atoms with Gasteiger partial charge in [-0.3, -0.25) is 4.98 Å². The number of hydrogen-bond acceptors (Lipinski definition) is 4. The van der Waals surface area contributed by atoms with Gasteiger partial charge in [-0.15, -0.1) is 11.3 Å². The molecule has 0 bridgehead atoms. The van der Waals surface area contributed by atoms with E-state index in [-0.39, 0.29) is 4.88 Å². The van der Waals surface area contributed by atoms with Gasteiger partial charge >= 0.3 is 5.97 Å². The van der Waals surface area contributed by atoms with Crippen molar-refractivity contribution in [3.8, 4) is 22.0 Å². The van der Waals surface area contributed by atoms with Crippen LogP contribution in [-0.4, -0.2) is 21.0 Å². The summed E-state index contributed by atoms with van der Waals surface area (Å²) in [4.78, 5) is 20.4. The van der Waals surface area contributed by atoms with Crippen LogP contribution in [0.4, 0.5) is 0 Å². The number of thiazole rings is 1. The van der Waals surface area contributed by atoms with Crippen LogP contribution in [0, 0.1) is 6.92 Å². The molecule has 0 amide bonds. The van der Waals surface area contributed by atoms with Gasteiger partial charge in [0.25, 0.3) is 0 Å². The fourth-order valence-electron chi connectivity index (χ4n) is 2.05. The van der Waals surface area contributed by atoms with Crippen LogP contribution in [0.15, 0.2) is 48.7 Å². The minimum atomic E-state index is -0.966. The predicted octanol–water partition coefficient (Wildman–Crippen LogP) is 3.88. The molecular weight excluding hydrogens is 284 g/mol. The highest BCUT2D eigenvalue weighted by atomic mass is 32.1. The highest BCUT2D eigenvalue weighted by molar-refractivity contribution is 7.17. The number of rotatable bonds is 3. The molecule has 3 aromatic rings. The van der Waals surface area contributed by atoms with Crippen LogP contribution < -0.4 is 0 Å². The maximum Gasteiger partial charge on any atom is 0.348 e. The largest absolute Gasteiger partial charge is 0.477 e. The number of aryl methyl sites for hydroxylation is 1. The van der Waals surface area contributed by atoms with Crippen LogP contribution in [0.2, 0.25) is 0 Å². The van der Waals surface area contributed by atoms with Crippen LogP contribution in [0.1, 0.15) is 15.2 Å². The van der Waals surface area contributed by atoms with Gasteiger partial charge in [0.1, 0.15) is 9.88 Å². The number of aromatic nitrogens is 2. The predicted molar refractivity (Wildman–Crippen MR) is 82.5 cm³/mol. The van der Waals surface area contributed by atoms with Crippen molar-refractivity contribution in [2.75, 3.05) is 0 Å². The Kier molecular flexibility index (Phi) is 3.50. The van der Waals surface area contributed by atoms with Gasteiger partial charge in [-0.25, -0.2) is 9.78 Å². The van der Waals surface area contributed by atoms with Crippen molar-refractivity contribution in [1.82, 2.24) is 9.97 Å². The standard InChI is InChI=1S/C16H12N2O2S/c1-10-5-4-6-11(9-10)13-14(16(19)20)21-15(18-13)12-7-2-3-8-17-12/h2-9H,1H3,(H,19,20). The summed E-state index contributed by atoms with van der Waals surface area (Å²) in [5.41, 5.74) is 3.06. The molecule has 0 spiro atoms. The average Bonchev–Trinajstić information content (AvgIpc) is 2.93. The summed E-state index contributed by atoms with van der Waals surface area (Å²) in [6, 6.07) is 13.2. The van der Waals surface area contributed by atoms with Crippen LogP contribution in [0.3, 0.4) is 0 Å². The van der Waals surface area contributed by atoms with E-state index < -0.39 is 5.97 Å². The number of hydrogen-bond donors (Lipinski definition) is 1. The van der Waals surface area contributed by atoms with Crippen molar-refractivity contribution in [3.05, 3.63) is 59.1 Å². The van der Waals surface area contributed by atoms with Crippen molar-refractivity contribution in [1.29, 1.82) is 0 Å². The molecule has 0 aliphatic carbocycles. The normalized spacial score (nSPS) is 10.5. The van der Waals surface area contributed by atoms with E-state index in [0.29, 0.717) is 16.4 Å². The second-order valence-electron chi connectivity index (χ2n) is 4.59. The van der Waals surface area contributed by atoms with E-state index >= 15 is 0 Å². The maximum absolute atomic E-state index is 11.5. The van der Waals surface area contributed by atoms with Gasteiger partial charge in [-0.2, -0.15) is 0 Å². The van der Waals surface area contributed by atoms with E-state index in [4.69, 9.17) is 0 Å². The summed E-state index contributed by atoms with van der Waals surface area (Å²) in [7, 11) is 0. The quantitative estimate of drug-likeness (QED) is 0.796. The summed E-state index contributed by atoms with van der Waals surface area (Å²) in [5.74, 6) is -0.966. The van der Waals surface area contributed by atoms with Gasteiger partial charge in [0.15, 0.2) is 0 Å². The average molecular weight is 296 g/mol. The second kappa shape index (κ2) is 5.46. The number of carboxylic acid groups (broad SMARTS) is 1. The molecule has 0 atom stereocenters. The van der Waals surface area contributed by atoms with E-state index in [0.717, 1.165) is 22.5 Å². The van der Waals surface area contributed by atoms with Crippen molar-refractivity contribution in [2.45, 2.75) is 6.92 Å². The van der Waals surface area contributed by atoms with E-state index in [9.17, 15) is 9.90 Å². The minimum Gasteiger partial charge on any atom is -0.477 e. The van der Waals surface area contributed by atoms with Gasteiger partial charge in [0, 0.05) is 11.8 Å². The van der Waals surface area contributed by atoms with Gasteiger partial charge in [-0.05, 0) is 25.1 Å². The van der Waals surface area contributed by atoms with Crippen molar-refractivity contribution in [3.63, 3.8) is 0 Å². The Morgan fingerprint density at radius 3 is 2.71 bits per heavy atom. The molecule has 0 saturated carbocycles. The summed E-state index contributed by atoms with van der Waals surface area (Å²) < 4.78 is 0. The Bertz CT molecular complexity index is 797. The Balaban J connectivity index is 2.16. The zero-order valence-corrected chi connectivity index (χ0v) is 12.1. The molecule has 2 aromatic heterocycles. The first kappa shape index (κ1) is 13.5. The first-order valence-corrected chi connectivity index (χ1v) is 7.19. The molecule has 1 aromatic carbocycles. The fourth-order valence-corrected chi connectivity index (χ4v) is 2.96.